The SMILES string of the molecule is Fc1ccc(CCN2CCC(N3CCc4ccc(Cn5ccnn5)cc43)CC2)cc1.Fc1ccc(CCN2CCC(N3CCc4ccc(Cn5nccn5)cc43)CC2)cc1. The van der Waals surface area contributed by atoms with E-state index >= 15 is 0 Å². The lowest BCUT2D eigenvalue weighted by Gasteiger charge is -2.38. The lowest BCUT2D eigenvalue weighted by atomic mass is 10.0. The second-order valence-corrected chi connectivity index (χ2v) is 16.9. The normalized spacial score (nSPS) is 17.4. The molecular weight excluding hydrogens is 755 g/mol. The van der Waals surface area contributed by atoms with Gasteiger partial charge in [0.2, 0.25) is 0 Å². The van der Waals surface area contributed by atoms with Crippen LogP contribution >= 0.6 is 0 Å². The molecule has 60 heavy (non-hydrogen) atoms. The maximum Gasteiger partial charge on any atom is 0.123 e. The fraction of sp³-hybridized carbons (Fsp3) is 0.417. The van der Waals surface area contributed by atoms with Crippen molar-refractivity contribution in [1.82, 2.24) is 39.8 Å². The van der Waals surface area contributed by atoms with Crippen LogP contribution in [0.15, 0.2) is 110 Å². The number of likely N-dealkylation sites (tertiary alicyclic amines) is 2. The quantitative estimate of drug-likeness (QED) is 0.130. The number of piperidine rings is 2. The molecule has 12 heteroatoms. The zero-order chi connectivity index (χ0) is 40.7. The van der Waals surface area contributed by atoms with Crippen molar-refractivity contribution < 1.29 is 8.78 Å². The lowest BCUT2D eigenvalue weighted by Crippen LogP contribution is -2.45. The van der Waals surface area contributed by atoms with Crippen molar-refractivity contribution in [3.8, 4) is 0 Å². The minimum Gasteiger partial charge on any atom is -0.368 e. The van der Waals surface area contributed by atoms with Crippen LogP contribution in [-0.4, -0.2) is 104 Å². The molecule has 6 heterocycles. The van der Waals surface area contributed by atoms with Crippen molar-refractivity contribution in [3.05, 3.63) is 155 Å². The van der Waals surface area contributed by atoms with Crippen LogP contribution in [0, 0.1) is 11.6 Å². The third-order valence-corrected chi connectivity index (χ3v) is 13.0. The number of hydrogen-bond donors (Lipinski definition) is 0. The summed E-state index contributed by atoms with van der Waals surface area (Å²) in [5, 5.41) is 16.5. The Morgan fingerprint density at radius 3 is 1.45 bits per heavy atom. The molecule has 0 N–H and O–H groups in total. The molecule has 0 atom stereocenters. The predicted octanol–water partition coefficient (Wildman–Crippen LogP) is 7.07. The number of hydrogen-bond acceptors (Lipinski definition) is 8. The molecule has 2 fully saturated rings. The van der Waals surface area contributed by atoms with E-state index in [1.54, 1.807) is 47.7 Å². The first-order valence-corrected chi connectivity index (χ1v) is 21.9. The molecule has 0 saturated carbocycles. The summed E-state index contributed by atoms with van der Waals surface area (Å²) in [5.41, 5.74) is 10.7. The molecule has 10 rings (SSSR count). The largest absolute Gasteiger partial charge is 0.368 e. The Balaban J connectivity index is 0.000000154. The summed E-state index contributed by atoms with van der Waals surface area (Å²) in [7, 11) is 0. The summed E-state index contributed by atoms with van der Waals surface area (Å²) in [5.74, 6) is -0.315. The highest BCUT2D eigenvalue weighted by atomic mass is 19.1. The monoisotopic (exact) mass is 810 g/mol. The highest BCUT2D eigenvalue weighted by molar-refractivity contribution is 5.61. The molecule has 0 spiro atoms. The van der Waals surface area contributed by atoms with E-state index in [2.05, 4.69) is 76.5 Å². The van der Waals surface area contributed by atoms with Gasteiger partial charge in [-0.3, -0.25) is 0 Å². The van der Waals surface area contributed by atoms with Gasteiger partial charge < -0.3 is 19.6 Å². The molecule has 0 aliphatic carbocycles. The average molecular weight is 811 g/mol. The molecule has 4 aromatic carbocycles. The fourth-order valence-electron chi connectivity index (χ4n) is 9.63. The molecule has 0 radical (unpaired) electrons. The summed E-state index contributed by atoms with van der Waals surface area (Å²) >= 11 is 0. The first-order valence-electron chi connectivity index (χ1n) is 21.9. The maximum absolute atomic E-state index is 13.1. The first kappa shape index (κ1) is 40.0. The van der Waals surface area contributed by atoms with Gasteiger partial charge in [0.05, 0.1) is 31.7 Å². The molecule has 0 unspecified atom stereocenters. The van der Waals surface area contributed by atoms with E-state index in [1.165, 1.54) is 70.4 Å². The van der Waals surface area contributed by atoms with Crippen LogP contribution in [0.1, 0.15) is 59.1 Å². The molecule has 312 valence electrons. The minimum absolute atomic E-state index is 0.157. The number of benzene rings is 4. The van der Waals surface area contributed by atoms with Gasteiger partial charge in [-0.15, -0.1) is 5.10 Å². The van der Waals surface area contributed by atoms with Gasteiger partial charge in [0, 0.05) is 82.0 Å². The van der Waals surface area contributed by atoms with E-state index < -0.39 is 0 Å². The summed E-state index contributed by atoms with van der Waals surface area (Å²) < 4.78 is 28.0. The average Bonchev–Trinajstić information content (AvgIpc) is 4.13. The van der Waals surface area contributed by atoms with Gasteiger partial charge in [0.1, 0.15) is 11.6 Å². The second-order valence-electron chi connectivity index (χ2n) is 16.9. The second kappa shape index (κ2) is 18.9. The summed E-state index contributed by atoms with van der Waals surface area (Å²) in [6.07, 6.45) is 16.2. The van der Waals surface area contributed by atoms with E-state index in [4.69, 9.17) is 0 Å². The van der Waals surface area contributed by atoms with E-state index in [9.17, 15) is 8.78 Å². The summed E-state index contributed by atoms with van der Waals surface area (Å²) in [6, 6.07) is 28.8. The number of aromatic nitrogens is 6. The molecule has 4 aliphatic rings. The van der Waals surface area contributed by atoms with Crippen molar-refractivity contribution in [2.45, 2.75) is 76.5 Å². The van der Waals surface area contributed by atoms with E-state index in [1.807, 2.05) is 35.1 Å². The molecule has 4 aliphatic heterocycles. The standard InChI is InChI=1S/2C24H28FN5/c25-22-5-2-19(3-6-22)7-13-28-14-9-23(10-15-28)29-16-8-21-4-1-20(17-24(21)29)18-30-26-11-12-27-30;25-22-5-2-19(3-6-22)7-12-28-13-9-23(10-14-28)30-15-8-21-4-1-20(17-24(21)30)18-29-16-11-26-27-29/h1-6,11-12,17,23H,7-10,13-16,18H2;1-6,11,16-17,23H,7-10,12-15,18H2. The first-order chi connectivity index (χ1) is 29.5. The summed E-state index contributed by atoms with van der Waals surface area (Å²) in [4.78, 5) is 12.1. The molecular formula is C48H56F2N10. The van der Waals surface area contributed by atoms with Crippen molar-refractivity contribution in [1.29, 1.82) is 0 Å². The van der Waals surface area contributed by atoms with Crippen LogP contribution in [0.3, 0.4) is 0 Å². The number of rotatable bonds is 12. The van der Waals surface area contributed by atoms with Gasteiger partial charge in [-0.1, -0.05) is 53.7 Å². The molecule has 2 saturated heterocycles. The van der Waals surface area contributed by atoms with Crippen molar-refractivity contribution in [3.63, 3.8) is 0 Å². The third kappa shape index (κ3) is 9.93. The number of anilines is 2. The molecule has 0 bridgehead atoms. The van der Waals surface area contributed by atoms with Crippen LogP contribution in [-0.2, 0) is 38.8 Å². The van der Waals surface area contributed by atoms with Gasteiger partial charge in [0.15, 0.2) is 0 Å². The van der Waals surface area contributed by atoms with E-state index in [-0.39, 0.29) is 11.6 Å². The molecule has 2 aromatic heterocycles. The van der Waals surface area contributed by atoms with Gasteiger partial charge in [-0.25, -0.2) is 13.5 Å². The third-order valence-electron chi connectivity index (χ3n) is 13.0. The van der Waals surface area contributed by atoms with Crippen LogP contribution in [0.5, 0.6) is 0 Å². The Bertz CT molecular complexity index is 2080. The Kier molecular flexibility index (Phi) is 12.6. The van der Waals surface area contributed by atoms with Crippen molar-refractivity contribution >= 4 is 11.4 Å². The number of nitrogens with zero attached hydrogens (tertiary/aromatic N) is 10. The zero-order valence-electron chi connectivity index (χ0n) is 34.5. The lowest BCUT2D eigenvalue weighted by molar-refractivity contribution is 0.212. The van der Waals surface area contributed by atoms with Gasteiger partial charge in [0.25, 0.3) is 0 Å². The summed E-state index contributed by atoms with van der Waals surface area (Å²) in [6.45, 7) is 10.4. The Morgan fingerprint density at radius 1 is 0.517 bits per heavy atom. The zero-order valence-corrected chi connectivity index (χ0v) is 34.5. The Labute approximate surface area is 352 Å². The van der Waals surface area contributed by atoms with Crippen molar-refractivity contribution in [2.24, 2.45) is 0 Å². The van der Waals surface area contributed by atoms with E-state index in [0.29, 0.717) is 12.1 Å². The Hall–Kier alpha value is -5.46. The van der Waals surface area contributed by atoms with E-state index in [0.717, 1.165) is 91.1 Å². The van der Waals surface area contributed by atoms with Gasteiger partial charge in [-0.2, -0.15) is 15.0 Å². The van der Waals surface area contributed by atoms with Crippen LogP contribution in [0.25, 0.3) is 0 Å². The number of fused-ring (bicyclic) bond motifs is 2. The smallest absolute Gasteiger partial charge is 0.123 e. The van der Waals surface area contributed by atoms with Crippen LogP contribution < -0.4 is 9.80 Å². The maximum atomic E-state index is 13.1. The van der Waals surface area contributed by atoms with Gasteiger partial charge >= 0.3 is 0 Å². The highest BCUT2D eigenvalue weighted by Gasteiger charge is 2.31. The highest BCUT2D eigenvalue weighted by Crippen LogP contribution is 2.35. The molecule has 6 aromatic rings. The molecule has 10 nitrogen and oxygen atoms in total. The molecule has 0 amide bonds. The number of halogens is 2. The van der Waals surface area contributed by atoms with Gasteiger partial charge in [-0.05, 0) is 121 Å². The Morgan fingerprint density at radius 2 is 0.983 bits per heavy atom. The predicted molar refractivity (Wildman–Crippen MR) is 232 cm³/mol. The van der Waals surface area contributed by atoms with Crippen LogP contribution in [0.4, 0.5) is 20.2 Å². The minimum atomic E-state index is -0.158. The fourth-order valence-corrected chi connectivity index (χ4v) is 9.63. The van der Waals surface area contributed by atoms with Crippen LogP contribution in [0.2, 0.25) is 0 Å². The van der Waals surface area contributed by atoms with Crippen molar-refractivity contribution in [2.75, 3.05) is 62.2 Å². The topological polar surface area (TPSA) is 74.4 Å².